The summed E-state index contributed by atoms with van der Waals surface area (Å²) < 4.78 is 18.1. The molecule has 1 aromatic heterocycles. The molecule has 1 aliphatic rings. The van der Waals surface area contributed by atoms with Crippen molar-refractivity contribution in [1.82, 2.24) is 15.3 Å². The summed E-state index contributed by atoms with van der Waals surface area (Å²) >= 11 is 1.56. The summed E-state index contributed by atoms with van der Waals surface area (Å²) in [6.45, 7) is 5.26. The minimum atomic E-state index is -0.852. The van der Waals surface area contributed by atoms with E-state index in [0.29, 0.717) is 17.5 Å². The first kappa shape index (κ1) is 32.3. The number of benzene rings is 3. The zero-order valence-corrected chi connectivity index (χ0v) is 26.3. The van der Waals surface area contributed by atoms with Gasteiger partial charge in [-0.25, -0.2) is 9.97 Å². The van der Waals surface area contributed by atoms with Gasteiger partial charge in [0.25, 0.3) is 5.91 Å². The molecule has 1 saturated heterocycles. The van der Waals surface area contributed by atoms with Gasteiger partial charge in [-0.15, -0.1) is 0 Å². The maximum absolute atomic E-state index is 12.3. The molecule has 0 spiro atoms. The minimum absolute atomic E-state index is 0.0113. The summed E-state index contributed by atoms with van der Waals surface area (Å²) in [7, 11) is 0. The second kappa shape index (κ2) is 15.3. The van der Waals surface area contributed by atoms with Crippen LogP contribution in [0.15, 0.2) is 96.4 Å². The Hall–Kier alpha value is -4.09. The largest absolute Gasteiger partial charge is 0.453 e. The predicted molar refractivity (Wildman–Crippen MR) is 171 cm³/mol. The Morgan fingerprint density at radius 2 is 1.64 bits per heavy atom. The Kier molecular flexibility index (Phi) is 11.0. The van der Waals surface area contributed by atoms with Gasteiger partial charge in [-0.05, 0) is 46.9 Å². The average molecular weight is 628 g/mol. The van der Waals surface area contributed by atoms with Crippen molar-refractivity contribution in [3.8, 4) is 11.1 Å². The van der Waals surface area contributed by atoms with Crippen molar-refractivity contribution in [2.75, 3.05) is 5.75 Å². The van der Waals surface area contributed by atoms with Crippen LogP contribution in [0.1, 0.15) is 55.4 Å². The van der Waals surface area contributed by atoms with E-state index in [1.165, 1.54) is 6.92 Å². The highest BCUT2D eigenvalue weighted by atomic mass is 32.2. The third-order valence-corrected chi connectivity index (χ3v) is 8.63. The first-order valence-electron chi connectivity index (χ1n) is 14.9. The number of rotatable bonds is 11. The molecule has 4 aromatic rings. The number of carbonyl (C=O) groups is 2. The van der Waals surface area contributed by atoms with E-state index in [4.69, 9.17) is 14.2 Å². The van der Waals surface area contributed by atoms with E-state index < -0.39 is 18.4 Å². The van der Waals surface area contributed by atoms with Crippen LogP contribution in [0.25, 0.3) is 11.1 Å². The van der Waals surface area contributed by atoms with Gasteiger partial charge in [0.1, 0.15) is 0 Å². The molecule has 1 aliphatic heterocycles. The van der Waals surface area contributed by atoms with Crippen molar-refractivity contribution < 1.29 is 28.9 Å². The third kappa shape index (κ3) is 8.55. The Balaban J connectivity index is 1.31. The molecule has 9 nitrogen and oxygen atoms in total. The molecular weight excluding hydrogens is 590 g/mol. The number of aliphatic hydroxyl groups is 1. The first-order valence-corrected chi connectivity index (χ1v) is 15.8. The smallest absolute Gasteiger partial charge is 0.303 e. The van der Waals surface area contributed by atoms with Gasteiger partial charge in [0.05, 0.1) is 18.8 Å². The second-order valence-corrected chi connectivity index (χ2v) is 11.9. The van der Waals surface area contributed by atoms with Gasteiger partial charge in [0.2, 0.25) is 0 Å². The monoisotopic (exact) mass is 627 g/mol. The van der Waals surface area contributed by atoms with Gasteiger partial charge < -0.3 is 24.6 Å². The number of hydrogen-bond acceptors (Lipinski definition) is 9. The first-order chi connectivity index (χ1) is 21.8. The van der Waals surface area contributed by atoms with Crippen LogP contribution in [0.3, 0.4) is 0 Å². The number of hydrogen-bond donors (Lipinski definition) is 2. The summed E-state index contributed by atoms with van der Waals surface area (Å²) in [6, 6.07) is 25.7. The van der Waals surface area contributed by atoms with Crippen LogP contribution >= 0.6 is 11.8 Å². The summed E-state index contributed by atoms with van der Waals surface area (Å²) in [5.74, 6) is -0.128. The average Bonchev–Trinajstić information content (AvgIpc) is 3.07. The maximum atomic E-state index is 12.3. The van der Waals surface area contributed by atoms with Crippen molar-refractivity contribution >= 4 is 23.6 Å². The lowest BCUT2D eigenvalue weighted by Gasteiger charge is -2.41. The summed E-state index contributed by atoms with van der Waals surface area (Å²) in [4.78, 5) is 32.1. The molecule has 0 radical (unpaired) electrons. The fourth-order valence-corrected chi connectivity index (χ4v) is 6.12. The lowest BCUT2D eigenvalue weighted by molar-refractivity contribution is -0.268. The number of amides is 1. The standard InChI is InChI=1S/C35H37N3O6S/c1-22-31(21-45-35-36-16-5-17-37-35)43-34(44-32(22)28-10-8-25(20-39)9-11-28)29-14-12-27(13-15-29)30-7-4-6-26(18-30)19-38-33(41)23(2)42-24(3)40/h4-18,22-23,31-32,34,39H,19-21H2,1-3H3,(H,38,41)/t22-,23-,31+,32+,34+/m0/s1. The minimum Gasteiger partial charge on any atom is -0.453 e. The fourth-order valence-electron chi connectivity index (χ4n) is 5.16. The molecule has 45 heavy (non-hydrogen) atoms. The molecule has 0 saturated carbocycles. The van der Waals surface area contributed by atoms with E-state index in [1.54, 1.807) is 37.1 Å². The van der Waals surface area contributed by atoms with Crippen molar-refractivity contribution in [1.29, 1.82) is 0 Å². The van der Waals surface area contributed by atoms with Crippen LogP contribution < -0.4 is 5.32 Å². The van der Waals surface area contributed by atoms with Gasteiger partial charge in [-0.3, -0.25) is 9.59 Å². The lowest BCUT2D eigenvalue weighted by Crippen LogP contribution is -2.38. The Labute approximate surface area is 267 Å². The van der Waals surface area contributed by atoms with E-state index in [1.807, 2.05) is 72.8 Å². The van der Waals surface area contributed by atoms with E-state index >= 15 is 0 Å². The molecule has 2 N–H and O–H groups in total. The van der Waals surface area contributed by atoms with E-state index in [2.05, 4.69) is 22.2 Å². The number of aliphatic hydroxyl groups excluding tert-OH is 1. The van der Waals surface area contributed by atoms with Crippen LogP contribution in [-0.2, 0) is 37.0 Å². The molecule has 1 fully saturated rings. The van der Waals surface area contributed by atoms with Crippen LogP contribution in [0.5, 0.6) is 0 Å². The fraction of sp³-hybridized carbons (Fsp3) is 0.314. The molecular formula is C35H37N3O6S. The molecule has 0 bridgehead atoms. The number of nitrogens with one attached hydrogen (secondary N) is 1. The zero-order chi connectivity index (χ0) is 31.8. The van der Waals surface area contributed by atoms with Gasteiger partial charge in [0.15, 0.2) is 17.6 Å². The highest BCUT2D eigenvalue weighted by Gasteiger charge is 2.38. The SMILES string of the molecule is CC(=O)O[C@@H](C)C(=O)NCc1cccc(-c2ccc([C@@H]3O[C@H](CSc4ncccn4)[C@H](C)[C@H](c4ccc(CO)cc4)O3)cc2)c1. The van der Waals surface area contributed by atoms with Gasteiger partial charge in [-0.1, -0.05) is 85.4 Å². The van der Waals surface area contributed by atoms with E-state index in [0.717, 1.165) is 33.4 Å². The highest BCUT2D eigenvalue weighted by molar-refractivity contribution is 7.99. The summed E-state index contributed by atoms with van der Waals surface area (Å²) in [5.41, 5.74) is 5.71. The van der Waals surface area contributed by atoms with Crippen LogP contribution in [-0.4, -0.2) is 44.9 Å². The summed E-state index contributed by atoms with van der Waals surface area (Å²) in [5, 5.41) is 13.0. The maximum Gasteiger partial charge on any atom is 0.303 e. The third-order valence-electron chi connectivity index (χ3n) is 7.66. The Bertz CT molecular complexity index is 1570. The molecule has 1 amide bonds. The number of esters is 1. The number of aromatic nitrogens is 2. The molecule has 234 valence electrons. The van der Waals surface area contributed by atoms with Crippen molar-refractivity contribution in [2.24, 2.45) is 5.92 Å². The number of ether oxygens (including phenoxy) is 3. The molecule has 5 atom stereocenters. The number of nitrogens with zero attached hydrogens (tertiary/aromatic N) is 2. The van der Waals surface area contributed by atoms with Crippen LogP contribution in [0.4, 0.5) is 0 Å². The van der Waals surface area contributed by atoms with Crippen LogP contribution in [0, 0.1) is 5.92 Å². The van der Waals surface area contributed by atoms with Gasteiger partial charge in [0, 0.05) is 43.1 Å². The normalized spacial score (nSPS) is 20.3. The van der Waals surface area contributed by atoms with E-state index in [-0.39, 0.29) is 30.6 Å². The second-order valence-electron chi connectivity index (χ2n) is 11.0. The molecule has 10 heteroatoms. The van der Waals surface area contributed by atoms with Crippen molar-refractivity contribution in [3.63, 3.8) is 0 Å². The molecule has 2 heterocycles. The van der Waals surface area contributed by atoms with E-state index in [9.17, 15) is 14.7 Å². The Morgan fingerprint density at radius 3 is 2.33 bits per heavy atom. The summed E-state index contributed by atoms with van der Waals surface area (Å²) in [6.07, 6.45) is 1.69. The quantitative estimate of drug-likeness (QED) is 0.121. The topological polar surface area (TPSA) is 120 Å². The predicted octanol–water partition coefficient (Wildman–Crippen LogP) is 5.79. The number of thioether (sulfide) groups is 1. The Morgan fingerprint density at radius 1 is 0.933 bits per heavy atom. The van der Waals surface area contributed by atoms with Crippen LogP contribution in [0.2, 0.25) is 0 Å². The number of carbonyl (C=O) groups excluding carboxylic acids is 2. The molecule has 0 unspecified atom stereocenters. The zero-order valence-electron chi connectivity index (χ0n) is 25.5. The molecule has 3 aromatic carbocycles. The van der Waals surface area contributed by atoms with Crippen molar-refractivity contribution in [3.05, 3.63) is 114 Å². The van der Waals surface area contributed by atoms with Gasteiger partial charge in [-0.2, -0.15) is 0 Å². The van der Waals surface area contributed by atoms with Gasteiger partial charge >= 0.3 is 5.97 Å². The highest BCUT2D eigenvalue weighted by Crippen LogP contribution is 2.43. The lowest BCUT2D eigenvalue weighted by atomic mass is 9.91. The molecule has 0 aliphatic carbocycles. The molecule has 5 rings (SSSR count). The van der Waals surface area contributed by atoms with Crippen molar-refractivity contribution in [2.45, 2.75) is 63.7 Å².